The molecule has 1 aliphatic heterocycles. The van der Waals surface area contributed by atoms with Crippen LogP contribution in [0.25, 0.3) is 0 Å². The monoisotopic (exact) mass is 304 g/mol. The van der Waals surface area contributed by atoms with E-state index in [1.165, 1.54) is 0 Å². The van der Waals surface area contributed by atoms with E-state index >= 15 is 0 Å². The van der Waals surface area contributed by atoms with Gasteiger partial charge in [0.2, 0.25) is 0 Å². The largest absolute Gasteiger partial charge is 0.390 e. The van der Waals surface area contributed by atoms with Crippen molar-refractivity contribution < 1.29 is 19.7 Å². The normalized spacial score (nSPS) is 28.2. The Labute approximate surface area is 132 Å². The molecule has 1 fully saturated rings. The molecule has 0 aromatic heterocycles. The van der Waals surface area contributed by atoms with Crippen LogP contribution in [0.15, 0.2) is 30.3 Å². The standard InChI is InChI=1S/C18H24O4/c1-2-7-17-18(20)16(19)12-15(22-17)10-6-11-21-13-14-8-4-3-5-9-14/h1,3-5,8-9,15-20H,6-7,10-13H2/t15-,16+,17-,18+/m1/s1. The fourth-order valence-corrected chi connectivity index (χ4v) is 2.69. The molecule has 0 saturated carbocycles. The van der Waals surface area contributed by atoms with Crippen molar-refractivity contribution in [1.82, 2.24) is 0 Å². The Hall–Kier alpha value is -1.38. The fourth-order valence-electron chi connectivity index (χ4n) is 2.69. The summed E-state index contributed by atoms with van der Waals surface area (Å²) in [7, 11) is 0. The number of aliphatic hydroxyl groups is 2. The molecule has 0 spiro atoms. The van der Waals surface area contributed by atoms with E-state index < -0.39 is 18.3 Å². The molecule has 22 heavy (non-hydrogen) atoms. The first kappa shape index (κ1) is 17.0. The van der Waals surface area contributed by atoms with Crippen molar-refractivity contribution in [3.8, 4) is 12.3 Å². The van der Waals surface area contributed by atoms with Gasteiger partial charge in [-0.15, -0.1) is 12.3 Å². The summed E-state index contributed by atoms with van der Waals surface area (Å²) in [5, 5.41) is 19.7. The van der Waals surface area contributed by atoms with Crippen LogP contribution in [0.5, 0.6) is 0 Å². The van der Waals surface area contributed by atoms with Crippen molar-refractivity contribution in [2.45, 2.75) is 56.7 Å². The predicted octanol–water partition coefficient (Wildman–Crippen LogP) is 1.89. The first-order valence-electron chi connectivity index (χ1n) is 7.77. The average molecular weight is 304 g/mol. The number of aliphatic hydroxyl groups excluding tert-OH is 2. The lowest BCUT2D eigenvalue weighted by molar-refractivity contribution is -0.168. The first-order valence-corrected chi connectivity index (χ1v) is 7.77. The number of ether oxygens (including phenoxy) is 2. The average Bonchev–Trinajstić information content (AvgIpc) is 2.53. The van der Waals surface area contributed by atoms with Gasteiger partial charge in [-0.25, -0.2) is 0 Å². The molecular weight excluding hydrogens is 280 g/mol. The number of terminal acetylenes is 1. The third-order valence-electron chi connectivity index (χ3n) is 3.89. The van der Waals surface area contributed by atoms with Crippen LogP contribution in [-0.4, -0.2) is 41.2 Å². The highest BCUT2D eigenvalue weighted by Crippen LogP contribution is 2.25. The van der Waals surface area contributed by atoms with E-state index in [9.17, 15) is 10.2 Å². The summed E-state index contributed by atoms with van der Waals surface area (Å²) in [6, 6.07) is 10.0. The van der Waals surface area contributed by atoms with E-state index in [-0.39, 0.29) is 6.10 Å². The smallest absolute Gasteiger partial charge is 0.107 e. The molecule has 0 amide bonds. The van der Waals surface area contributed by atoms with Gasteiger partial charge in [-0.2, -0.15) is 0 Å². The Kier molecular flexibility index (Phi) is 6.88. The molecule has 1 heterocycles. The van der Waals surface area contributed by atoms with Crippen molar-refractivity contribution >= 4 is 0 Å². The zero-order valence-corrected chi connectivity index (χ0v) is 12.7. The Morgan fingerprint density at radius 1 is 1.27 bits per heavy atom. The summed E-state index contributed by atoms with van der Waals surface area (Å²) in [5.41, 5.74) is 1.16. The molecule has 4 atom stereocenters. The fraction of sp³-hybridized carbons (Fsp3) is 0.556. The van der Waals surface area contributed by atoms with Crippen LogP contribution in [0.4, 0.5) is 0 Å². The van der Waals surface area contributed by atoms with Gasteiger partial charge in [0.1, 0.15) is 6.10 Å². The van der Waals surface area contributed by atoms with Crippen LogP contribution < -0.4 is 0 Å². The maximum absolute atomic E-state index is 9.87. The van der Waals surface area contributed by atoms with Gasteiger partial charge in [0.05, 0.1) is 24.9 Å². The maximum atomic E-state index is 9.87. The van der Waals surface area contributed by atoms with Crippen LogP contribution >= 0.6 is 0 Å². The van der Waals surface area contributed by atoms with E-state index in [2.05, 4.69) is 5.92 Å². The second-order valence-electron chi connectivity index (χ2n) is 5.68. The van der Waals surface area contributed by atoms with Gasteiger partial charge in [0.15, 0.2) is 0 Å². The lowest BCUT2D eigenvalue weighted by Gasteiger charge is -2.36. The van der Waals surface area contributed by atoms with Crippen LogP contribution in [0.1, 0.15) is 31.2 Å². The van der Waals surface area contributed by atoms with Crippen molar-refractivity contribution in [3.63, 3.8) is 0 Å². The van der Waals surface area contributed by atoms with Crippen LogP contribution in [0.3, 0.4) is 0 Å². The molecular formula is C18H24O4. The first-order chi connectivity index (χ1) is 10.7. The van der Waals surface area contributed by atoms with Gasteiger partial charge in [-0.3, -0.25) is 0 Å². The van der Waals surface area contributed by atoms with Gasteiger partial charge < -0.3 is 19.7 Å². The highest BCUT2D eigenvalue weighted by Gasteiger charge is 2.35. The number of rotatable bonds is 7. The molecule has 4 heteroatoms. The minimum Gasteiger partial charge on any atom is -0.390 e. The summed E-state index contributed by atoms with van der Waals surface area (Å²) in [6.07, 6.45) is 5.48. The Morgan fingerprint density at radius 3 is 2.77 bits per heavy atom. The number of benzene rings is 1. The second-order valence-corrected chi connectivity index (χ2v) is 5.68. The molecule has 1 saturated heterocycles. The second kappa shape index (κ2) is 8.92. The van der Waals surface area contributed by atoms with Crippen molar-refractivity contribution in [1.29, 1.82) is 0 Å². The van der Waals surface area contributed by atoms with Crippen LogP contribution in [0.2, 0.25) is 0 Å². The van der Waals surface area contributed by atoms with E-state index in [4.69, 9.17) is 15.9 Å². The number of hydrogen-bond donors (Lipinski definition) is 2. The minimum absolute atomic E-state index is 0.0722. The third kappa shape index (κ3) is 5.11. The molecule has 0 unspecified atom stereocenters. The summed E-state index contributed by atoms with van der Waals surface area (Å²) < 4.78 is 11.4. The molecule has 0 radical (unpaired) electrons. The molecule has 0 aliphatic carbocycles. The van der Waals surface area contributed by atoms with Gasteiger partial charge in [-0.05, 0) is 18.4 Å². The molecule has 2 rings (SSSR count). The summed E-state index contributed by atoms with van der Waals surface area (Å²) in [6.45, 7) is 1.25. The zero-order valence-electron chi connectivity index (χ0n) is 12.7. The predicted molar refractivity (Wildman–Crippen MR) is 84.1 cm³/mol. The minimum atomic E-state index is -0.887. The summed E-state index contributed by atoms with van der Waals surface area (Å²) >= 11 is 0. The van der Waals surface area contributed by atoms with Gasteiger partial charge >= 0.3 is 0 Å². The zero-order chi connectivity index (χ0) is 15.8. The molecule has 120 valence electrons. The lowest BCUT2D eigenvalue weighted by atomic mass is 9.94. The van der Waals surface area contributed by atoms with Crippen LogP contribution in [-0.2, 0) is 16.1 Å². The molecule has 1 aromatic rings. The molecule has 4 nitrogen and oxygen atoms in total. The highest BCUT2D eigenvalue weighted by atomic mass is 16.5. The lowest BCUT2D eigenvalue weighted by Crippen LogP contribution is -2.48. The SMILES string of the molecule is C#CC[C@H]1O[C@H](CCCOCc2ccccc2)C[C@H](O)[C@@H]1O. The van der Waals surface area contributed by atoms with E-state index in [0.29, 0.717) is 26.1 Å². The van der Waals surface area contributed by atoms with Gasteiger partial charge in [0, 0.05) is 19.4 Å². The van der Waals surface area contributed by atoms with Crippen molar-refractivity contribution in [2.24, 2.45) is 0 Å². The van der Waals surface area contributed by atoms with E-state index in [1.54, 1.807) is 0 Å². The van der Waals surface area contributed by atoms with E-state index in [0.717, 1.165) is 18.4 Å². The van der Waals surface area contributed by atoms with Crippen molar-refractivity contribution in [3.05, 3.63) is 35.9 Å². The molecule has 1 aliphatic rings. The summed E-state index contributed by atoms with van der Waals surface area (Å²) in [4.78, 5) is 0. The summed E-state index contributed by atoms with van der Waals surface area (Å²) in [5.74, 6) is 2.48. The molecule has 2 N–H and O–H groups in total. The van der Waals surface area contributed by atoms with Gasteiger partial charge in [-0.1, -0.05) is 30.3 Å². The molecule has 1 aromatic carbocycles. The highest BCUT2D eigenvalue weighted by molar-refractivity contribution is 5.13. The third-order valence-corrected chi connectivity index (χ3v) is 3.89. The Balaban J connectivity index is 1.65. The maximum Gasteiger partial charge on any atom is 0.107 e. The molecule has 0 bridgehead atoms. The Bertz CT molecular complexity index is 468. The quantitative estimate of drug-likeness (QED) is 0.596. The van der Waals surface area contributed by atoms with Crippen LogP contribution in [0, 0.1) is 12.3 Å². The topological polar surface area (TPSA) is 58.9 Å². The van der Waals surface area contributed by atoms with E-state index in [1.807, 2.05) is 30.3 Å². The Morgan fingerprint density at radius 2 is 2.05 bits per heavy atom. The van der Waals surface area contributed by atoms with Crippen molar-refractivity contribution in [2.75, 3.05) is 6.61 Å². The van der Waals surface area contributed by atoms with Gasteiger partial charge in [0.25, 0.3) is 0 Å². The number of hydrogen-bond acceptors (Lipinski definition) is 4.